The van der Waals surface area contributed by atoms with Gasteiger partial charge in [0.05, 0.1) is 11.3 Å². The molecule has 0 bridgehead atoms. The Bertz CT molecular complexity index is 392. The number of carbonyl (C=O) groups excluding carboxylic acids is 1. The van der Waals surface area contributed by atoms with E-state index in [0.29, 0.717) is 0 Å². The molecule has 0 atom stereocenters. The van der Waals surface area contributed by atoms with Crippen molar-refractivity contribution in [2.45, 2.75) is 6.36 Å². The molecule has 0 aromatic heterocycles. The van der Waals surface area contributed by atoms with E-state index in [1.807, 2.05) is 0 Å². The van der Waals surface area contributed by atoms with Crippen LogP contribution in [0.4, 0.5) is 18.9 Å². The molecule has 2 N–H and O–H groups in total. The average molecular weight is 240 g/mol. The molecule has 0 saturated heterocycles. The highest BCUT2D eigenvalue weighted by atomic mass is 35.5. The highest BCUT2D eigenvalue weighted by Crippen LogP contribution is 2.31. The number of halogens is 4. The summed E-state index contributed by atoms with van der Waals surface area (Å²) in [6.07, 6.45) is -4.86. The first-order valence-electron chi connectivity index (χ1n) is 3.65. The van der Waals surface area contributed by atoms with Crippen molar-refractivity contribution < 1.29 is 22.7 Å². The maximum Gasteiger partial charge on any atom is 0.573 e. The molecule has 0 fully saturated rings. The van der Waals surface area contributed by atoms with E-state index in [4.69, 9.17) is 17.3 Å². The molecule has 0 saturated carbocycles. The molecule has 0 unspecified atom stereocenters. The van der Waals surface area contributed by atoms with E-state index in [9.17, 15) is 18.0 Å². The van der Waals surface area contributed by atoms with E-state index < -0.39 is 23.0 Å². The lowest BCUT2D eigenvalue weighted by Gasteiger charge is -2.11. The van der Waals surface area contributed by atoms with Gasteiger partial charge < -0.3 is 10.5 Å². The molecule has 0 aliphatic carbocycles. The third-order valence-corrected chi connectivity index (χ3v) is 1.71. The predicted molar refractivity (Wildman–Crippen MR) is 47.7 cm³/mol. The molecule has 1 rings (SSSR count). The second-order valence-corrected chi connectivity index (χ2v) is 2.88. The van der Waals surface area contributed by atoms with E-state index in [2.05, 4.69) is 4.74 Å². The molecule has 15 heavy (non-hydrogen) atoms. The van der Waals surface area contributed by atoms with E-state index in [0.717, 1.165) is 6.07 Å². The normalized spacial score (nSPS) is 11.2. The Hall–Kier alpha value is -1.43. The van der Waals surface area contributed by atoms with Crippen molar-refractivity contribution in [1.29, 1.82) is 0 Å². The highest BCUT2D eigenvalue weighted by molar-refractivity contribution is 6.68. The molecule has 82 valence electrons. The minimum atomic E-state index is -4.86. The summed E-state index contributed by atoms with van der Waals surface area (Å²) in [5, 5.41) is -0.944. The van der Waals surface area contributed by atoms with E-state index in [1.165, 1.54) is 12.1 Å². The number of carbonyl (C=O) groups is 1. The molecule has 3 nitrogen and oxygen atoms in total. The van der Waals surface area contributed by atoms with Gasteiger partial charge in [-0.05, 0) is 23.7 Å². The Labute approximate surface area is 87.6 Å². The molecule has 0 spiro atoms. The fraction of sp³-hybridized carbons (Fsp3) is 0.125. The Kier molecular flexibility index (Phi) is 3.09. The summed E-state index contributed by atoms with van der Waals surface area (Å²) < 4.78 is 39.2. The first kappa shape index (κ1) is 11.6. The summed E-state index contributed by atoms with van der Waals surface area (Å²) in [7, 11) is 0. The van der Waals surface area contributed by atoms with E-state index in [-0.39, 0.29) is 5.56 Å². The third kappa shape index (κ3) is 3.02. The van der Waals surface area contributed by atoms with E-state index >= 15 is 0 Å². The Balaban J connectivity index is 3.10. The van der Waals surface area contributed by atoms with Crippen LogP contribution in [0, 0.1) is 0 Å². The molecule has 7 heteroatoms. The molecule has 0 heterocycles. The minimum Gasteiger partial charge on any atom is -0.404 e. The Morgan fingerprint density at radius 3 is 2.47 bits per heavy atom. The monoisotopic (exact) mass is 239 g/mol. The van der Waals surface area contributed by atoms with Crippen LogP contribution in [0.5, 0.6) is 5.75 Å². The van der Waals surface area contributed by atoms with E-state index in [1.54, 1.807) is 0 Å². The van der Waals surface area contributed by atoms with Crippen molar-refractivity contribution in [3.05, 3.63) is 23.8 Å². The summed E-state index contributed by atoms with van der Waals surface area (Å²) in [4.78, 5) is 10.7. The van der Waals surface area contributed by atoms with Crippen molar-refractivity contribution in [2.24, 2.45) is 0 Å². The highest BCUT2D eigenvalue weighted by Gasteiger charge is 2.32. The summed E-state index contributed by atoms with van der Waals surface area (Å²) in [6.45, 7) is 0. The van der Waals surface area contributed by atoms with Crippen LogP contribution in [-0.2, 0) is 0 Å². The molecule has 1 aromatic rings. The van der Waals surface area contributed by atoms with Gasteiger partial charge in [-0.1, -0.05) is 6.07 Å². The van der Waals surface area contributed by atoms with Gasteiger partial charge in [0.25, 0.3) is 5.24 Å². The molecule has 1 aromatic carbocycles. The van der Waals surface area contributed by atoms with Crippen molar-refractivity contribution in [3.63, 3.8) is 0 Å². The van der Waals surface area contributed by atoms with Crippen molar-refractivity contribution in [1.82, 2.24) is 0 Å². The summed E-state index contributed by atoms with van der Waals surface area (Å²) in [5.41, 5.74) is 4.60. The zero-order valence-electron chi connectivity index (χ0n) is 7.14. The second-order valence-electron chi connectivity index (χ2n) is 2.54. The number of hydrogen-bond donors (Lipinski definition) is 1. The fourth-order valence-corrected chi connectivity index (χ4v) is 1.09. The molecule has 0 aliphatic rings. The lowest BCUT2D eigenvalue weighted by Crippen LogP contribution is -2.18. The van der Waals surface area contributed by atoms with Crippen molar-refractivity contribution >= 4 is 22.5 Å². The Morgan fingerprint density at radius 2 is 2.00 bits per heavy atom. The van der Waals surface area contributed by atoms with Crippen LogP contribution in [0.25, 0.3) is 0 Å². The number of hydrogen-bond acceptors (Lipinski definition) is 3. The van der Waals surface area contributed by atoms with Gasteiger partial charge in [-0.15, -0.1) is 13.2 Å². The van der Waals surface area contributed by atoms with Gasteiger partial charge >= 0.3 is 6.36 Å². The zero-order valence-corrected chi connectivity index (χ0v) is 7.89. The first-order valence-corrected chi connectivity index (χ1v) is 4.03. The van der Waals surface area contributed by atoms with Crippen molar-refractivity contribution in [3.8, 4) is 5.75 Å². The van der Waals surface area contributed by atoms with Crippen LogP contribution < -0.4 is 10.5 Å². The number of ether oxygens (including phenoxy) is 1. The average Bonchev–Trinajstić information content (AvgIpc) is 2.05. The van der Waals surface area contributed by atoms with Crippen LogP contribution in [0.1, 0.15) is 10.4 Å². The van der Waals surface area contributed by atoms with Gasteiger partial charge in [0, 0.05) is 0 Å². The number of rotatable bonds is 2. The van der Waals surface area contributed by atoms with Crippen LogP contribution in [0.2, 0.25) is 0 Å². The smallest absolute Gasteiger partial charge is 0.404 e. The maximum absolute atomic E-state index is 11.9. The summed E-state index contributed by atoms with van der Waals surface area (Å²) in [5.74, 6) is -0.644. The molecule has 0 radical (unpaired) electrons. The second kappa shape index (κ2) is 3.98. The van der Waals surface area contributed by atoms with Crippen LogP contribution in [-0.4, -0.2) is 11.6 Å². The molecular weight excluding hydrogens is 235 g/mol. The first-order chi connectivity index (χ1) is 6.81. The fourth-order valence-electron chi connectivity index (χ4n) is 0.929. The number of para-hydroxylation sites is 1. The number of nitrogen functional groups attached to an aromatic ring is 1. The van der Waals surface area contributed by atoms with Gasteiger partial charge in [-0.25, -0.2) is 0 Å². The molecule has 0 aliphatic heterocycles. The van der Waals surface area contributed by atoms with Gasteiger partial charge in [-0.3, -0.25) is 4.79 Å². The quantitative estimate of drug-likeness (QED) is 0.637. The topological polar surface area (TPSA) is 52.3 Å². The largest absolute Gasteiger partial charge is 0.573 e. The van der Waals surface area contributed by atoms with Gasteiger partial charge in [0.2, 0.25) is 0 Å². The van der Waals surface area contributed by atoms with Crippen LogP contribution >= 0.6 is 11.6 Å². The van der Waals surface area contributed by atoms with Crippen LogP contribution in [0.3, 0.4) is 0 Å². The van der Waals surface area contributed by atoms with Crippen LogP contribution in [0.15, 0.2) is 18.2 Å². The lowest BCUT2D eigenvalue weighted by atomic mass is 10.2. The van der Waals surface area contributed by atoms with Gasteiger partial charge in [0.15, 0.2) is 5.75 Å². The third-order valence-electron chi connectivity index (χ3n) is 1.50. The summed E-state index contributed by atoms with van der Waals surface area (Å²) in [6, 6.07) is 3.38. The van der Waals surface area contributed by atoms with Crippen molar-refractivity contribution in [2.75, 3.05) is 5.73 Å². The number of benzene rings is 1. The lowest BCUT2D eigenvalue weighted by molar-refractivity contribution is -0.274. The maximum atomic E-state index is 11.9. The standard InChI is InChI=1S/C8H5ClF3NO2/c9-7(14)4-2-1-3-5(6(4)13)15-8(10,11)12/h1-3H,13H2. The summed E-state index contributed by atoms with van der Waals surface area (Å²) >= 11 is 5.10. The number of alkyl halides is 3. The van der Waals surface area contributed by atoms with Gasteiger partial charge in [0.1, 0.15) is 0 Å². The number of nitrogens with two attached hydrogens (primary N) is 1. The Morgan fingerprint density at radius 1 is 1.40 bits per heavy atom. The number of anilines is 1. The zero-order chi connectivity index (χ0) is 11.6. The minimum absolute atomic E-state index is 0.224. The molecular formula is C8H5ClF3NO2. The molecule has 0 amide bonds. The van der Waals surface area contributed by atoms with Gasteiger partial charge in [-0.2, -0.15) is 0 Å². The SMILES string of the molecule is Nc1c(OC(F)(F)F)cccc1C(=O)Cl. The predicted octanol–water partition coefficient (Wildman–Crippen LogP) is 2.55.